The van der Waals surface area contributed by atoms with Gasteiger partial charge in [-0.1, -0.05) is 36.4 Å². The maximum atomic E-state index is 5.25. The molecule has 2 aromatic carbocycles. The molecule has 0 fully saturated rings. The molecule has 0 radical (unpaired) electrons. The van der Waals surface area contributed by atoms with Crippen molar-refractivity contribution in [1.82, 2.24) is 5.32 Å². The van der Waals surface area contributed by atoms with Gasteiger partial charge in [-0.2, -0.15) is 0 Å². The molecule has 0 aliphatic heterocycles. The Bertz CT molecular complexity index is 556. The summed E-state index contributed by atoms with van der Waals surface area (Å²) in [6, 6.07) is 17.3. The van der Waals surface area contributed by atoms with Gasteiger partial charge >= 0.3 is 0 Å². The van der Waals surface area contributed by atoms with Gasteiger partial charge in [0.25, 0.3) is 0 Å². The van der Waals surface area contributed by atoms with Gasteiger partial charge in [0.1, 0.15) is 5.75 Å². The molecule has 112 valence electrons. The summed E-state index contributed by atoms with van der Waals surface area (Å²) in [7, 11) is 1.68. The summed E-state index contributed by atoms with van der Waals surface area (Å²) < 4.78 is 6.25. The molecule has 21 heavy (non-hydrogen) atoms. The van der Waals surface area contributed by atoms with Gasteiger partial charge in [0.2, 0.25) is 0 Å². The smallest absolute Gasteiger partial charge is 0.133 e. The lowest BCUT2D eigenvalue weighted by molar-refractivity contribution is 0.412. The molecule has 1 atom stereocenters. The number of rotatable bonds is 7. The number of ether oxygens (including phenoxy) is 1. The Morgan fingerprint density at radius 2 is 1.86 bits per heavy atom. The first kappa shape index (κ1) is 16.1. The first-order valence-corrected chi connectivity index (χ1v) is 8.08. The van der Waals surface area contributed by atoms with E-state index in [9.17, 15) is 0 Å². The van der Waals surface area contributed by atoms with Crippen LogP contribution in [0.4, 0.5) is 0 Å². The van der Waals surface area contributed by atoms with Gasteiger partial charge < -0.3 is 10.1 Å². The minimum absolute atomic E-state index is 0.492. The summed E-state index contributed by atoms with van der Waals surface area (Å²) in [6.07, 6.45) is 2.25. The molecular formula is C18H22BrNO. The summed E-state index contributed by atoms with van der Waals surface area (Å²) in [6.45, 7) is 3.11. The van der Waals surface area contributed by atoms with E-state index in [2.05, 4.69) is 70.6 Å². The minimum atomic E-state index is 0.492. The molecule has 0 saturated heterocycles. The Kier molecular flexibility index (Phi) is 6.27. The van der Waals surface area contributed by atoms with Crippen LogP contribution in [-0.2, 0) is 13.0 Å². The van der Waals surface area contributed by atoms with E-state index in [0.29, 0.717) is 6.04 Å². The van der Waals surface area contributed by atoms with E-state index in [-0.39, 0.29) is 0 Å². The molecular weight excluding hydrogens is 326 g/mol. The summed E-state index contributed by atoms with van der Waals surface area (Å²) >= 11 is 3.52. The van der Waals surface area contributed by atoms with E-state index >= 15 is 0 Å². The predicted molar refractivity (Wildman–Crippen MR) is 91.8 cm³/mol. The van der Waals surface area contributed by atoms with Crippen LogP contribution in [0.15, 0.2) is 53.0 Å². The van der Waals surface area contributed by atoms with Crippen molar-refractivity contribution in [3.05, 3.63) is 64.1 Å². The second-order valence-corrected chi connectivity index (χ2v) is 6.13. The van der Waals surface area contributed by atoms with Gasteiger partial charge in [-0.3, -0.25) is 0 Å². The van der Waals surface area contributed by atoms with Crippen LogP contribution < -0.4 is 10.1 Å². The number of methoxy groups -OCH3 is 1. The van der Waals surface area contributed by atoms with Crippen molar-refractivity contribution >= 4 is 15.9 Å². The van der Waals surface area contributed by atoms with E-state index in [4.69, 9.17) is 4.74 Å². The molecule has 1 unspecified atom stereocenters. The zero-order valence-corrected chi connectivity index (χ0v) is 14.2. The average molecular weight is 348 g/mol. The lowest BCUT2D eigenvalue weighted by atomic mass is 10.1. The number of benzene rings is 2. The van der Waals surface area contributed by atoms with Gasteiger partial charge in [0, 0.05) is 12.6 Å². The third kappa shape index (κ3) is 5.18. The summed E-state index contributed by atoms with van der Waals surface area (Å²) in [5.41, 5.74) is 2.66. The lowest BCUT2D eigenvalue weighted by Gasteiger charge is -2.14. The Morgan fingerprint density at radius 1 is 1.10 bits per heavy atom. The average Bonchev–Trinajstić information content (AvgIpc) is 2.52. The highest BCUT2D eigenvalue weighted by molar-refractivity contribution is 9.10. The molecule has 0 amide bonds. The molecule has 1 N–H and O–H groups in total. The first-order valence-electron chi connectivity index (χ1n) is 7.29. The molecule has 0 aliphatic carbocycles. The van der Waals surface area contributed by atoms with Crippen LogP contribution in [0.1, 0.15) is 24.5 Å². The van der Waals surface area contributed by atoms with E-state index in [1.165, 1.54) is 11.1 Å². The largest absolute Gasteiger partial charge is 0.496 e. The van der Waals surface area contributed by atoms with Crippen molar-refractivity contribution in [3.63, 3.8) is 0 Å². The van der Waals surface area contributed by atoms with Crippen LogP contribution in [-0.4, -0.2) is 13.2 Å². The zero-order valence-electron chi connectivity index (χ0n) is 12.6. The standard InChI is InChI=1S/C18H22BrNO/c1-14(8-9-15-6-4-3-5-7-15)20-13-16-10-11-18(21-2)17(19)12-16/h3-7,10-12,14,20H,8-9,13H2,1-2H3. The second-order valence-electron chi connectivity index (χ2n) is 5.28. The first-order chi connectivity index (χ1) is 10.2. The Balaban J connectivity index is 1.78. The molecule has 0 heterocycles. The molecule has 0 aromatic heterocycles. The Hall–Kier alpha value is -1.32. The van der Waals surface area contributed by atoms with Crippen molar-refractivity contribution in [1.29, 1.82) is 0 Å². The highest BCUT2D eigenvalue weighted by atomic mass is 79.9. The van der Waals surface area contributed by atoms with Crippen molar-refractivity contribution < 1.29 is 4.74 Å². The second kappa shape index (κ2) is 8.20. The van der Waals surface area contributed by atoms with E-state index in [1.807, 2.05) is 6.07 Å². The molecule has 0 aliphatic rings. The van der Waals surface area contributed by atoms with Crippen LogP contribution in [0.2, 0.25) is 0 Å². The van der Waals surface area contributed by atoms with E-state index in [0.717, 1.165) is 29.6 Å². The van der Waals surface area contributed by atoms with Crippen LogP contribution in [0.25, 0.3) is 0 Å². The van der Waals surface area contributed by atoms with E-state index < -0.39 is 0 Å². The fourth-order valence-electron chi connectivity index (χ4n) is 2.24. The number of aryl methyl sites for hydroxylation is 1. The van der Waals surface area contributed by atoms with Crippen LogP contribution >= 0.6 is 15.9 Å². The van der Waals surface area contributed by atoms with Gasteiger partial charge in [-0.25, -0.2) is 0 Å². The maximum Gasteiger partial charge on any atom is 0.133 e. The predicted octanol–water partition coefficient (Wildman–Crippen LogP) is 4.57. The van der Waals surface area contributed by atoms with Gasteiger partial charge in [-0.05, 0) is 59.0 Å². The summed E-state index contributed by atoms with van der Waals surface area (Å²) in [5.74, 6) is 0.871. The Morgan fingerprint density at radius 3 is 2.52 bits per heavy atom. The Labute approximate surface area is 135 Å². The molecule has 0 spiro atoms. The molecule has 0 saturated carbocycles. The van der Waals surface area contributed by atoms with Crippen molar-refractivity contribution in [3.8, 4) is 5.75 Å². The maximum absolute atomic E-state index is 5.25. The minimum Gasteiger partial charge on any atom is -0.496 e. The number of hydrogen-bond acceptors (Lipinski definition) is 2. The molecule has 0 bridgehead atoms. The lowest BCUT2D eigenvalue weighted by Crippen LogP contribution is -2.25. The SMILES string of the molecule is COc1ccc(CNC(C)CCc2ccccc2)cc1Br. The third-order valence-corrected chi connectivity index (χ3v) is 4.20. The normalized spacial score (nSPS) is 12.1. The van der Waals surface area contributed by atoms with Crippen molar-refractivity contribution in [2.24, 2.45) is 0 Å². The molecule has 2 nitrogen and oxygen atoms in total. The van der Waals surface area contributed by atoms with Gasteiger partial charge in [0.15, 0.2) is 0 Å². The molecule has 3 heteroatoms. The van der Waals surface area contributed by atoms with Gasteiger partial charge in [-0.15, -0.1) is 0 Å². The fraction of sp³-hybridized carbons (Fsp3) is 0.333. The fourth-order valence-corrected chi connectivity index (χ4v) is 2.83. The van der Waals surface area contributed by atoms with Crippen LogP contribution in [0, 0.1) is 0 Å². The number of nitrogens with one attached hydrogen (secondary N) is 1. The topological polar surface area (TPSA) is 21.3 Å². The highest BCUT2D eigenvalue weighted by Gasteiger charge is 2.05. The van der Waals surface area contributed by atoms with Crippen LogP contribution in [0.5, 0.6) is 5.75 Å². The summed E-state index contributed by atoms with van der Waals surface area (Å²) in [5, 5.41) is 3.57. The third-order valence-electron chi connectivity index (χ3n) is 3.58. The monoisotopic (exact) mass is 347 g/mol. The van der Waals surface area contributed by atoms with Crippen LogP contribution in [0.3, 0.4) is 0 Å². The highest BCUT2D eigenvalue weighted by Crippen LogP contribution is 2.25. The zero-order chi connectivity index (χ0) is 15.1. The van der Waals surface area contributed by atoms with E-state index in [1.54, 1.807) is 7.11 Å². The molecule has 2 rings (SSSR count). The quantitative estimate of drug-likeness (QED) is 0.792. The van der Waals surface area contributed by atoms with Crippen molar-refractivity contribution in [2.75, 3.05) is 7.11 Å². The van der Waals surface area contributed by atoms with Gasteiger partial charge in [0.05, 0.1) is 11.6 Å². The summed E-state index contributed by atoms with van der Waals surface area (Å²) in [4.78, 5) is 0. The van der Waals surface area contributed by atoms with Crippen molar-refractivity contribution in [2.45, 2.75) is 32.4 Å². The number of halogens is 1. The number of hydrogen-bond donors (Lipinski definition) is 1. The molecule has 2 aromatic rings.